The average Bonchev–Trinajstić information content (AvgIpc) is 3.06. The van der Waals surface area contributed by atoms with Crippen molar-refractivity contribution in [1.29, 1.82) is 0 Å². The molecule has 0 aliphatic carbocycles. The Bertz CT molecular complexity index is 1520. The minimum absolute atomic E-state index is 0.289. The number of ether oxygens (including phenoxy) is 2. The maximum atomic E-state index is 13.8. The monoisotopic (exact) mass is 741 g/mol. The first kappa shape index (κ1) is 40.4. The fourth-order valence-electron chi connectivity index (χ4n) is 5.16. The Labute approximate surface area is 302 Å². The average molecular weight is 743 g/mol. The smallest absolute Gasteiger partial charge is 0.325 e. The van der Waals surface area contributed by atoms with E-state index in [-0.39, 0.29) is 12.5 Å². The summed E-state index contributed by atoms with van der Waals surface area (Å²) in [5.41, 5.74) is 3.84. The molecule has 270 valence electrons. The number of aliphatic hydroxyl groups excluding tert-OH is 1. The fourth-order valence-corrected chi connectivity index (χ4v) is 5.33. The van der Waals surface area contributed by atoms with Gasteiger partial charge in [0.25, 0.3) is 5.91 Å². The first-order valence-electron chi connectivity index (χ1n) is 16.1. The van der Waals surface area contributed by atoms with E-state index in [0.717, 1.165) is 10.9 Å². The van der Waals surface area contributed by atoms with Crippen LogP contribution in [0.25, 0.3) is 17.0 Å². The molecule has 0 bridgehead atoms. The number of fused-ring (bicyclic) bond motifs is 1. The molecule has 1 aromatic carbocycles. The number of carbonyl (C=O) groups is 4. The van der Waals surface area contributed by atoms with Crippen molar-refractivity contribution in [3.8, 4) is 0 Å². The second-order valence-electron chi connectivity index (χ2n) is 12.8. The molecule has 1 aliphatic heterocycles. The summed E-state index contributed by atoms with van der Waals surface area (Å²) in [4.78, 5) is 57.6. The van der Waals surface area contributed by atoms with E-state index in [0.29, 0.717) is 37.0 Å². The van der Waals surface area contributed by atoms with E-state index in [1.54, 1.807) is 46.9 Å². The van der Waals surface area contributed by atoms with Gasteiger partial charge in [-0.15, -0.1) is 0 Å². The largest absolute Gasteiger partial charge is 0.460 e. The molecule has 12 nitrogen and oxygen atoms in total. The lowest BCUT2D eigenvalue weighted by Crippen LogP contribution is -2.61. The minimum atomic E-state index is -1.77. The number of hydrogen-bond donors (Lipinski definition) is 4. The minimum Gasteiger partial charge on any atom is -0.460 e. The maximum Gasteiger partial charge on any atom is 0.325 e. The van der Waals surface area contributed by atoms with Gasteiger partial charge in [-0.3, -0.25) is 29.2 Å². The highest BCUT2D eigenvalue weighted by Gasteiger charge is 2.37. The summed E-state index contributed by atoms with van der Waals surface area (Å²) in [5, 5.41) is 17.7. The molecule has 2 aromatic rings. The van der Waals surface area contributed by atoms with Crippen molar-refractivity contribution in [2.75, 3.05) is 26.9 Å². The Kier molecular flexibility index (Phi) is 14.7. The number of hydrogen-bond acceptors (Lipinski definition) is 9. The lowest BCUT2D eigenvalue weighted by atomic mass is 9.84. The predicted molar refractivity (Wildman–Crippen MR) is 190 cm³/mol. The molecule has 15 heteroatoms. The first-order chi connectivity index (χ1) is 22.9. The van der Waals surface area contributed by atoms with Crippen LogP contribution in [0.5, 0.6) is 0 Å². The number of rotatable bonds is 14. The van der Waals surface area contributed by atoms with Crippen LogP contribution >= 0.6 is 34.8 Å². The molecule has 1 fully saturated rings. The third-order valence-corrected chi connectivity index (χ3v) is 8.56. The van der Waals surface area contributed by atoms with Crippen LogP contribution < -0.4 is 16.1 Å². The highest BCUT2D eigenvalue weighted by Crippen LogP contribution is 2.28. The van der Waals surface area contributed by atoms with Gasteiger partial charge in [-0.05, 0) is 63.6 Å². The number of aliphatic hydroxyl groups is 1. The lowest BCUT2D eigenvalue weighted by Gasteiger charge is -2.35. The van der Waals surface area contributed by atoms with E-state index in [4.69, 9.17) is 44.3 Å². The number of hydrazine groups is 1. The van der Waals surface area contributed by atoms with Crippen LogP contribution in [-0.4, -0.2) is 87.6 Å². The van der Waals surface area contributed by atoms with Gasteiger partial charge in [-0.1, -0.05) is 79.0 Å². The normalized spacial score (nSPS) is 18.5. The van der Waals surface area contributed by atoms with E-state index < -0.39 is 63.7 Å². The number of nitrogens with zero attached hydrogens (tertiary/aromatic N) is 2. The van der Waals surface area contributed by atoms with Crippen LogP contribution in [0.2, 0.25) is 0 Å². The van der Waals surface area contributed by atoms with Crippen molar-refractivity contribution in [2.45, 2.75) is 81.9 Å². The van der Waals surface area contributed by atoms with E-state index in [2.05, 4.69) is 21.0 Å². The molecule has 49 heavy (non-hydrogen) atoms. The molecule has 3 rings (SSSR count). The molecule has 1 saturated heterocycles. The van der Waals surface area contributed by atoms with Crippen molar-refractivity contribution in [3.63, 3.8) is 0 Å². The summed E-state index contributed by atoms with van der Waals surface area (Å²) in [6, 6.07) is 6.61. The quantitative estimate of drug-likeness (QED) is 0.163. The summed E-state index contributed by atoms with van der Waals surface area (Å²) >= 11 is 17.0. The fraction of sp³-hybridized carbons (Fsp3) is 0.559. The van der Waals surface area contributed by atoms with Gasteiger partial charge >= 0.3 is 5.97 Å². The van der Waals surface area contributed by atoms with E-state index in [9.17, 15) is 24.3 Å². The molecule has 3 amide bonds. The zero-order chi connectivity index (χ0) is 36.5. The highest BCUT2D eigenvalue weighted by atomic mass is 35.6. The maximum absolute atomic E-state index is 13.8. The summed E-state index contributed by atoms with van der Waals surface area (Å²) < 4.78 is 8.58. The van der Waals surface area contributed by atoms with Crippen LogP contribution in [0.4, 0.5) is 0 Å². The topological polar surface area (TPSA) is 159 Å². The van der Waals surface area contributed by atoms with E-state index in [1.165, 1.54) is 11.9 Å². The van der Waals surface area contributed by atoms with Crippen molar-refractivity contribution >= 4 is 75.5 Å². The van der Waals surface area contributed by atoms with Crippen molar-refractivity contribution in [2.24, 2.45) is 11.3 Å². The molecule has 1 aromatic heterocycles. The second kappa shape index (κ2) is 17.8. The number of carbonyl (C=O) groups excluding carboxylic acids is 4. The van der Waals surface area contributed by atoms with Crippen LogP contribution in [0.15, 0.2) is 36.4 Å². The van der Waals surface area contributed by atoms with Crippen LogP contribution in [0.1, 0.15) is 71.2 Å². The number of amides is 3. The Balaban J connectivity index is 1.70. The molecular weight excluding hydrogens is 697 g/mol. The number of halogens is 3. The molecule has 5 atom stereocenters. The standard InChI is InChI=1S/C34H46Cl3N5O7/c1-20(2)28(29(44)38-21(3)30(45)42-16-7-8-26(41-42)31(46)49-19-34(35,36)37)40-32(47)33(5,15-17-48-6)14-13-23-9-10-24-11-12-25(22(4)43)39-27(24)18-23/h9-14,18,20-22,26,28,41,43H,7-8,15-17,19H2,1-6H3,(H,38,44)(H,40,47)/b14-13+/t21-,22+,26-,28?,33?/m0/s1. The highest BCUT2D eigenvalue weighted by molar-refractivity contribution is 6.67. The molecular formula is C34H46Cl3N5O7. The first-order valence-corrected chi connectivity index (χ1v) is 17.3. The number of nitrogens with one attached hydrogen (secondary N) is 3. The number of benzene rings is 1. The lowest BCUT2D eigenvalue weighted by molar-refractivity contribution is -0.152. The van der Waals surface area contributed by atoms with Gasteiger partial charge in [0.1, 0.15) is 24.7 Å². The van der Waals surface area contributed by atoms with Gasteiger partial charge in [-0.25, -0.2) is 5.43 Å². The van der Waals surface area contributed by atoms with Gasteiger partial charge in [0.05, 0.1) is 22.7 Å². The number of methoxy groups -OCH3 is 1. The molecule has 0 saturated carbocycles. The Hall–Kier alpha value is -3.00. The molecule has 1 aliphatic rings. The number of pyridine rings is 1. The van der Waals surface area contributed by atoms with Crippen molar-refractivity contribution < 1.29 is 33.8 Å². The van der Waals surface area contributed by atoms with Crippen LogP contribution in [-0.2, 0) is 28.7 Å². The van der Waals surface area contributed by atoms with Gasteiger partial charge in [0.15, 0.2) is 0 Å². The zero-order valence-corrected chi connectivity index (χ0v) is 30.9. The van der Waals surface area contributed by atoms with E-state index >= 15 is 0 Å². The SMILES string of the molecule is COCCC(C)(/C=C/c1ccc2ccc([C@@H](C)O)nc2c1)C(=O)NC(C(=O)N[C@@H](C)C(=O)N1CCC[C@@H](C(=O)OCC(Cl)(Cl)Cl)N1)C(C)C. The summed E-state index contributed by atoms with van der Waals surface area (Å²) in [6.07, 6.45) is 4.13. The number of aromatic nitrogens is 1. The van der Waals surface area contributed by atoms with Crippen molar-refractivity contribution in [3.05, 3.63) is 47.7 Å². The van der Waals surface area contributed by atoms with Crippen LogP contribution in [0.3, 0.4) is 0 Å². The number of alkyl halides is 3. The Morgan fingerprint density at radius 2 is 1.82 bits per heavy atom. The third-order valence-electron chi connectivity index (χ3n) is 8.23. The van der Waals surface area contributed by atoms with E-state index in [1.807, 2.05) is 30.3 Å². The Morgan fingerprint density at radius 1 is 1.12 bits per heavy atom. The zero-order valence-electron chi connectivity index (χ0n) is 28.6. The third kappa shape index (κ3) is 11.8. The Morgan fingerprint density at radius 3 is 2.45 bits per heavy atom. The van der Waals surface area contributed by atoms with Gasteiger partial charge in [-0.2, -0.15) is 0 Å². The van der Waals surface area contributed by atoms with Gasteiger partial charge in [0.2, 0.25) is 15.6 Å². The molecule has 0 radical (unpaired) electrons. The molecule has 4 N–H and O–H groups in total. The predicted octanol–water partition coefficient (Wildman–Crippen LogP) is 4.40. The molecule has 2 unspecified atom stereocenters. The molecule has 2 heterocycles. The summed E-state index contributed by atoms with van der Waals surface area (Å²) in [7, 11) is 1.55. The van der Waals surface area contributed by atoms with Crippen LogP contribution in [0, 0.1) is 11.3 Å². The number of esters is 1. The summed E-state index contributed by atoms with van der Waals surface area (Å²) in [6.45, 7) is 8.69. The van der Waals surface area contributed by atoms with Gasteiger partial charge < -0.3 is 25.2 Å². The van der Waals surface area contributed by atoms with Gasteiger partial charge in [0, 0.05) is 25.6 Å². The molecule has 0 spiro atoms. The second-order valence-corrected chi connectivity index (χ2v) is 15.3. The van der Waals surface area contributed by atoms with Crippen molar-refractivity contribution in [1.82, 2.24) is 26.1 Å². The summed E-state index contributed by atoms with van der Waals surface area (Å²) in [5.74, 6) is -2.39.